The van der Waals surface area contributed by atoms with E-state index in [0.29, 0.717) is 24.1 Å². The van der Waals surface area contributed by atoms with E-state index in [1.165, 1.54) is 39.0 Å². The van der Waals surface area contributed by atoms with Crippen molar-refractivity contribution in [2.45, 2.75) is 63.1 Å². The maximum absolute atomic E-state index is 14.3. The molecule has 0 spiro atoms. The number of nitrogens with zero attached hydrogens (tertiary/aromatic N) is 7. The molecule has 1 saturated carbocycles. The topological polar surface area (TPSA) is 154 Å². The molecule has 19 heteroatoms. The highest BCUT2D eigenvalue weighted by Crippen LogP contribution is 2.49. The van der Waals surface area contributed by atoms with Crippen molar-refractivity contribution in [3.63, 3.8) is 0 Å². The van der Waals surface area contributed by atoms with Crippen LogP contribution in [-0.4, -0.2) is 78.8 Å². The smallest absolute Gasteiger partial charge is 0.411 e. The normalized spacial score (nSPS) is 16.2. The summed E-state index contributed by atoms with van der Waals surface area (Å²) in [7, 11) is 0.500. The first-order chi connectivity index (χ1) is 25.5. The Bertz CT molecular complexity index is 1920. The van der Waals surface area contributed by atoms with Crippen molar-refractivity contribution in [2.75, 3.05) is 13.8 Å². The number of alkyl carbamates (subject to hydrolysis) is 1. The van der Waals surface area contributed by atoms with E-state index < -0.39 is 54.2 Å². The number of carbonyl (C=O) groups excluding carboxylic acids is 2. The lowest BCUT2D eigenvalue weighted by molar-refractivity contribution is -0.164. The standard InChI is InChI=1S/C28H22ClF4N9O3.C4H9F.C2H2.CH3F/c29-18-7-6-17(12-19(18)42-24(30)37-14-38-42)20(13-45-26(44)40-27(8-9-27)28(31,32)33)41-23(43)21(39-25(41)34)15-2-4-16(5-3-15)22-35-10-1-11-36-22;1-4(2,3)5;2*1-2/h1-7,10-12,14,20-21H,8-9,13H2,(H2,34,39)(H,40,44);1-3H3;1-2H;1H3/t20-,21-;;;/m1.../s1. The van der Waals surface area contributed by atoms with E-state index in [-0.39, 0.29) is 35.1 Å². The summed E-state index contributed by atoms with van der Waals surface area (Å²) in [5.74, 6) is -0.378. The number of nitrogens with one attached hydrogen (secondary N) is 1. The van der Waals surface area contributed by atoms with Crippen LogP contribution in [-0.2, 0) is 9.53 Å². The van der Waals surface area contributed by atoms with Crippen molar-refractivity contribution in [1.29, 1.82) is 0 Å². The number of rotatable bonds is 8. The Balaban J connectivity index is 0.000000795. The van der Waals surface area contributed by atoms with Gasteiger partial charge in [-0.1, -0.05) is 41.9 Å². The molecule has 2 aromatic carbocycles. The zero-order chi connectivity index (χ0) is 40.4. The van der Waals surface area contributed by atoms with Crippen LogP contribution in [0, 0.1) is 18.9 Å². The first-order valence-electron chi connectivity index (χ1n) is 15.8. The molecule has 1 aliphatic heterocycles. The number of terminal acetylenes is 1. The molecule has 0 unspecified atom stereocenters. The van der Waals surface area contributed by atoms with Crippen LogP contribution >= 0.6 is 11.6 Å². The fourth-order valence-corrected chi connectivity index (χ4v) is 5.08. The van der Waals surface area contributed by atoms with Gasteiger partial charge in [0.05, 0.1) is 23.9 Å². The van der Waals surface area contributed by atoms with Gasteiger partial charge in [0, 0.05) is 18.0 Å². The Hall–Kier alpha value is -5.70. The van der Waals surface area contributed by atoms with E-state index >= 15 is 0 Å². The molecule has 2 atom stereocenters. The molecular formula is C35H36ClF6N9O3. The molecule has 3 heterocycles. The van der Waals surface area contributed by atoms with Crippen molar-refractivity contribution in [3.8, 4) is 29.9 Å². The average Bonchev–Trinajstić information content (AvgIpc) is 3.72. The van der Waals surface area contributed by atoms with Gasteiger partial charge in [0.1, 0.15) is 24.1 Å². The van der Waals surface area contributed by atoms with Crippen LogP contribution in [0.2, 0.25) is 5.02 Å². The third-order valence-corrected chi connectivity index (χ3v) is 7.76. The van der Waals surface area contributed by atoms with Crippen LogP contribution in [0.4, 0.5) is 31.1 Å². The van der Waals surface area contributed by atoms with Gasteiger partial charge in [0.25, 0.3) is 5.91 Å². The van der Waals surface area contributed by atoms with Crippen molar-refractivity contribution >= 4 is 29.6 Å². The molecule has 2 aliphatic rings. The molecule has 0 bridgehead atoms. The summed E-state index contributed by atoms with van der Waals surface area (Å²) >= 11 is 6.30. The van der Waals surface area contributed by atoms with Gasteiger partial charge >= 0.3 is 18.3 Å². The lowest BCUT2D eigenvalue weighted by Crippen LogP contribution is -2.49. The SMILES string of the molecule is C#C.CC(C)(C)F.CF.NC1=N[C@H](c2ccc(-c3ncccn3)cc2)C(=O)N1[C@H](COC(=O)NC1(C(F)(F)F)CC1)c1ccc(Cl)c(-n2ncnc2F)c1. The van der Waals surface area contributed by atoms with E-state index in [9.17, 15) is 35.9 Å². The number of nitrogens with two attached hydrogens (primary N) is 1. The number of hydrogen-bond acceptors (Lipinski definition) is 9. The van der Waals surface area contributed by atoms with Gasteiger partial charge in [0.2, 0.25) is 0 Å². The summed E-state index contributed by atoms with van der Waals surface area (Å²) in [6, 6.07) is 10.3. The van der Waals surface area contributed by atoms with E-state index in [1.54, 1.807) is 42.7 Å². The van der Waals surface area contributed by atoms with Gasteiger partial charge in [-0.15, -0.1) is 12.8 Å². The Morgan fingerprint density at radius 3 is 2.17 bits per heavy atom. The van der Waals surface area contributed by atoms with Gasteiger partial charge in [-0.3, -0.25) is 14.1 Å². The number of benzene rings is 2. The first-order valence-corrected chi connectivity index (χ1v) is 16.2. The molecule has 6 rings (SSSR count). The Morgan fingerprint density at radius 1 is 1.06 bits per heavy atom. The minimum Gasteiger partial charge on any atom is -0.447 e. The summed E-state index contributed by atoms with van der Waals surface area (Å²) in [4.78, 5) is 43.6. The number of alkyl halides is 5. The van der Waals surface area contributed by atoms with Gasteiger partial charge in [-0.25, -0.2) is 24.1 Å². The Morgan fingerprint density at radius 2 is 1.65 bits per heavy atom. The second-order valence-electron chi connectivity index (χ2n) is 12.3. The summed E-state index contributed by atoms with van der Waals surface area (Å²) < 4.78 is 81.8. The number of aliphatic imine (C=N–C) groups is 1. The largest absolute Gasteiger partial charge is 0.447 e. The molecule has 288 valence electrons. The van der Waals surface area contributed by atoms with Crippen LogP contribution in [0.5, 0.6) is 0 Å². The fraction of sp³-hybridized carbons (Fsp3) is 0.343. The van der Waals surface area contributed by atoms with Crippen LogP contribution in [0.15, 0.2) is 72.2 Å². The summed E-state index contributed by atoms with van der Waals surface area (Å²) in [5, 5.41) is 5.75. The Kier molecular flexibility index (Phi) is 14.1. The van der Waals surface area contributed by atoms with E-state index in [0.717, 1.165) is 15.9 Å². The summed E-state index contributed by atoms with van der Waals surface area (Å²) in [6.07, 6.45) is 4.57. The number of halogens is 7. The molecule has 4 aromatic rings. The van der Waals surface area contributed by atoms with Crippen LogP contribution in [0.25, 0.3) is 17.1 Å². The number of aromatic nitrogens is 5. The van der Waals surface area contributed by atoms with Gasteiger partial charge in [-0.2, -0.15) is 32.3 Å². The number of amides is 2. The minimum absolute atomic E-state index is 0.0325. The second kappa shape index (κ2) is 17.9. The number of ether oxygens (including phenoxy) is 1. The maximum Gasteiger partial charge on any atom is 0.411 e. The zero-order valence-corrected chi connectivity index (χ0v) is 30.1. The first kappa shape index (κ1) is 42.7. The summed E-state index contributed by atoms with van der Waals surface area (Å²) in [5.41, 5.74) is 4.30. The average molecular weight is 780 g/mol. The maximum atomic E-state index is 14.3. The lowest BCUT2D eigenvalue weighted by Gasteiger charge is -2.29. The van der Waals surface area contributed by atoms with Gasteiger partial charge in [-0.05, 0) is 62.9 Å². The zero-order valence-electron chi connectivity index (χ0n) is 29.4. The minimum atomic E-state index is -4.67. The van der Waals surface area contributed by atoms with Crippen molar-refractivity contribution in [2.24, 2.45) is 10.7 Å². The molecule has 2 aromatic heterocycles. The predicted octanol–water partition coefficient (Wildman–Crippen LogP) is 6.87. The number of carbonyl (C=O) groups is 2. The molecule has 54 heavy (non-hydrogen) atoms. The molecule has 1 aliphatic carbocycles. The van der Waals surface area contributed by atoms with Crippen LogP contribution < -0.4 is 11.1 Å². The molecular weight excluding hydrogens is 744 g/mol. The van der Waals surface area contributed by atoms with Gasteiger partial charge < -0.3 is 15.8 Å². The highest BCUT2D eigenvalue weighted by atomic mass is 35.5. The quantitative estimate of drug-likeness (QED) is 0.145. The molecule has 0 radical (unpaired) electrons. The van der Waals surface area contributed by atoms with E-state index in [2.05, 4.69) is 37.9 Å². The van der Waals surface area contributed by atoms with Gasteiger partial charge in [0.15, 0.2) is 17.8 Å². The van der Waals surface area contributed by atoms with Crippen molar-refractivity contribution < 1.29 is 40.7 Å². The fourth-order valence-electron chi connectivity index (χ4n) is 4.89. The molecule has 3 N–H and O–H groups in total. The lowest BCUT2D eigenvalue weighted by atomic mass is 10.0. The molecule has 0 saturated heterocycles. The van der Waals surface area contributed by atoms with Crippen molar-refractivity contribution in [3.05, 3.63) is 89.5 Å². The molecule has 2 amide bonds. The highest BCUT2D eigenvalue weighted by Gasteiger charge is 2.64. The monoisotopic (exact) mass is 779 g/mol. The van der Waals surface area contributed by atoms with Crippen LogP contribution in [0.1, 0.15) is 56.8 Å². The third-order valence-electron chi connectivity index (χ3n) is 7.44. The molecule has 1 fully saturated rings. The Labute approximate surface area is 311 Å². The van der Waals surface area contributed by atoms with E-state index in [4.69, 9.17) is 22.1 Å². The van der Waals surface area contributed by atoms with Crippen LogP contribution in [0.3, 0.4) is 0 Å². The second-order valence-corrected chi connectivity index (χ2v) is 12.7. The molecule has 12 nitrogen and oxygen atoms in total. The highest BCUT2D eigenvalue weighted by molar-refractivity contribution is 6.32. The number of hydrogen-bond donors (Lipinski definition) is 2. The van der Waals surface area contributed by atoms with E-state index in [1.807, 2.05) is 5.32 Å². The third kappa shape index (κ3) is 10.5. The number of guanidine groups is 1. The van der Waals surface area contributed by atoms with Crippen molar-refractivity contribution in [1.82, 2.24) is 34.9 Å². The predicted molar refractivity (Wildman–Crippen MR) is 188 cm³/mol. The summed E-state index contributed by atoms with van der Waals surface area (Å²) in [6.45, 7) is 3.92.